The molecule has 2 fully saturated rings. The summed E-state index contributed by atoms with van der Waals surface area (Å²) in [5.41, 5.74) is -1.24. The van der Waals surface area contributed by atoms with Crippen LogP contribution in [0.2, 0.25) is 0 Å². The molecule has 2 aliphatic rings. The molecular formula is C24H23F4N5O3. The first kappa shape index (κ1) is 24.3. The van der Waals surface area contributed by atoms with Gasteiger partial charge in [-0.2, -0.15) is 8.78 Å². The van der Waals surface area contributed by atoms with Crippen LogP contribution in [0.3, 0.4) is 0 Å². The van der Waals surface area contributed by atoms with Gasteiger partial charge in [0.1, 0.15) is 5.82 Å². The van der Waals surface area contributed by atoms with Crippen LogP contribution in [0.15, 0.2) is 47.0 Å². The third-order valence-electron chi connectivity index (χ3n) is 6.38. The van der Waals surface area contributed by atoms with Crippen molar-refractivity contribution in [1.29, 1.82) is 0 Å². The van der Waals surface area contributed by atoms with Crippen molar-refractivity contribution in [3.8, 4) is 11.5 Å². The first-order valence-corrected chi connectivity index (χ1v) is 11.5. The second-order valence-electron chi connectivity index (χ2n) is 8.87. The minimum absolute atomic E-state index is 0.0433. The van der Waals surface area contributed by atoms with Crippen molar-refractivity contribution < 1.29 is 31.5 Å². The number of pyridine rings is 1. The maximum absolute atomic E-state index is 15.7. The van der Waals surface area contributed by atoms with E-state index >= 15 is 4.39 Å². The van der Waals surface area contributed by atoms with Crippen LogP contribution in [0.1, 0.15) is 30.9 Å². The van der Waals surface area contributed by atoms with Gasteiger partial charge in [0.2, 0.25) is 11.6 Å². The minimum atomic E-state index is -2.90. The van der Waals surface area contributed by atoms with Crippen LogP contribution in [0, 0.1) is 5.82 Å². The number of ether oxygens (including phenoxy) is 1. The Labute approximate surface area is 203 Å². The van der Waals surface area contributed by atoms with Gasteiger partial charge in [-0.3, -0.25) is 14.7 Å². The molecule has 1 aromatic carbocycles. The summed E-state index contributed by atoms with van der Waals surface area (Å²) in [6, 6.07) is 8.58. The molecule has 3 aromatic rings. The zero-order chi connectivity index (χ0) is 25.3. The summed E-state index contributed by atoms with van der Waals surface area (Å²) in [5.74, 6) is -2.28. The quantitative estimate of drug-likeness (QED) is 0.450. The van der Waals surface area contributed by atoms with Crippen LogP contribution in [0.25, 0.3) is 11.5 Å². The van der Waals surface area contributed by atoms with E-state index in [1.165, 1.54) is 41.4 Å². The number of hydrogen-bond donors (Lipinski definition) is 0. The summed E-state index contributed by atoms with van der Waals surface area (Å²) in [5, 5.41) is 6.86. The molecule has 0 bridgehead atoms. The van der Waals surface area contributed by atoms with Gasteiger partial charge in [-0.05, 0) is 43.2 Å². The van der Waals surface area contributed by atoms with Gasteiger partial charge in [-0.15, -0.1) is 10.2 Å². The highest BCUT2D eigenvalue weighted by Gasteiger charge is 2.53. The Morgan fingerprint density at radius 1 is 1.17 bits per heavy atom. The van der Waals surface area contributed by atoms with Gasteiger partial charge in [0.25, 0.3) is 11.8 Å². The monoisotopic (exact) mass is 505 g/mol. The van der Waals surface area contributed by atoms with Gasteiger partial charge in [-0.25, -0.2) is 8.78 Å². The normalized spacial score (nSPS) is 18.2. The van der Waals surface area contributed by atoms with Gasteiger partial charge in [0.15, 0.2) is 0 Å². The van der Waals surface area contributed by atoms with Crippen molar-refractivity contribution in [2.45, 2.75) is 37.5 Å². The van der Waals surface area contributed by atoms with Crippen LogP contribution >= 0.6 is 0 Å². The van der Waals surface area contributed by atoms with Crippen molar-refractivity contribution in [3.63, 3.8) is 0 Å². The fourth-order valence-electron chi connectivity index (χ4n) is 4.45. The Kier molecular flexibility index (Phi) is 6.71. The number of amides is 1. The smallest absolute Gasteiger partial charge is 0.314 e. The van der Waals surface area contributed by atoms with E-state index in [9.17, 15) is 18.0 Å². The lowest BCUT2D eigenvalue weighted by Gasteiger charge is -2.49. The standard InChI is InChI=1S/C24H23F4N5O3/c25-16-2-1-3-19(10-16)33(23(34)24(28)13-32(14-24)18-6-8-35-9-7-18)12-17-5-4-15(11-29-17)21-30-31-22(36-21)20(26)27/h1-5,10-11,18,20H,6-9,12-14H2. The lowest BCUT2D eigenvalue weighted by Crippen LogP contribution is -2.69. The fraction of sp³-hybridized carbons (Fsp3) is 0.417. The fourth-order valence-corrected chi connectivity index (χ4v) is 4.45. The molecule has 4 heterocycles. The van der Waals surface area contributed by atoms with Gasteiger partial charge >= 0.3 is 6.43 Å². The Hall–Kier alpha value is -3.38. The molecule has 36 heavy (non-hydrogen) atoms. The molecular weight excluding hydrogens is 482 g/mol. The van der Waals surface area contributed by atoms with Crippen molar-refractivity contribution >= 4 is 11.6 Å². The number of benzene rings is 1. The molecule has 12 heteroatoms. The molecule has 0 aliphatic carbocycles. The topological polar surface area (TPSA) is 84.6 Å². The zero-order valence-corrected chi connectivity index (χ0v) is 19.1. The summed E-state index contributed by atoms with van der Waals surface area (Å²) in [4.78, 5) is 20.8. The minimum Gasteiger partial charge on any atom is -0.415 e. The van der Waals surface area contributed by atoms with Gasteiger partial charge < -0.3 is 14.1 Å². The van der Waals surface area contributed by atoms with E-state index in [2.05, 4.69) is 15.2 Å². The molecule has 190 valence electrons. The number of halogens is 4. The van der Waals surface area contributed by atoms with E-state index in [1.54, 1.807) is 0 Å². The zero-order valence-electron chi connectivity index (χ0n) is 19.1. The van der Waals surface area contributed by atoms with E-state index < -0.39 is 29.7 Å². The van der Waals surface area contributed by atoms with Crippen LogP contribution in [0.5, 0.6) is 0 Å². The predicted octanol–water partition coefficient (Wildman–Crippen LogP) is 3.94. The van der Waals surface area contributed by atoms with Crippen LogP contribution in [-0.4, -0.2) is 64.0 Å². The molecule has 0 N–H and O–H groups in total. The van der Waals surface area contributed by atoms with Crippen LogP contribution < -0.4 is 4.90 Å². The largest absolute Gasteiger partial charge is 0.415 e. The SMILES string of the molecule is O=C(N(Cc1ccc(-c2nnc(C(F)F)o2)cn1)c1cccc(F)c1)C1(F)CN(C2CCOCC2)C1. The van der Waals surface area contributed by atoms with Crippen LogP contribution in [0.4, 0.5) is 23.2 Å². The van der Waals surface area contributed by atoms with Gasteiger partial charge in [-0.1, -0.05) is 6.07 Å². The number of aromatic nitrogens is 3. The molecule has 0 radical (unpaired) electrons. The molecule has 5 rings (SSSR count). The molecule has 2 aromatic heterocycles. The first-order valence-electron chi connectivity index (χ1n) is 11.5. The number of rotatable bonds is 7. The summed E-state index contributed by atoms with van der Waals surface area (Å²) in [6.07, 6.45) is -0.000415. The molecule has 8 nitrogen and oxygen atoms in total. The summed E-state index contributed by atoms with van der Waals surface area (Å²) < 4.78 is 65.4. The highest BCUT2D eigenvalue weighted by Crippen LogP contribution is 2.34. The molecule has 2 aliphatic heterocycles. The second-order valence-corrected chi connectivity index (χ2v) is 8.87. The van der Waals surface area contributed by atoms with E-state index in [0.717, 1.165) is 18.9 Å². The van der Waals surface area contributed by atoms with Crippen LogP contribution in [-0.2, 0) is 16.1 Å². The maximum Gasteiger partial charge on any atom is 0.314 e. The Morgan fingerprint density at radius 3 is 2.58 bits per heavy atom. The number of hydrogen-bond acceptors (Lipinski definition) is 7. The lowest BCUT2D eigenvalue weighted by atomic mass is 9.90. The third kappa shape index (κ3) is 4.96. The molecule has 2 saturated heterocycles. The maximum atomic E-state index is 15.7. The number of carbonyl (C=O) groups is 1. The Bertz CT molecular complexity index is 1210. The molecule has 1 amide bonds. The third-order valence-corrected chi connectivity index (χ3v) is 6.38. The Balaban J connectivity index is 1.34. The van der Waals surface area contributed by atoms with Crippen molar-refractivity contribution in [2.24, 2.45) is 0 Å². The highest BCUT2D eigenvalue weighted by atomic mass is 19.3. The number of carbonyl (C=O) groups excluding carboxylic acids is 1. The highest BCUT2D eigenvalue weighted by molar-refractivity contribution is 6.00. The second kappa shape index (κ2) is 9.94. The number of likely N-dealkylation sites (tertiary alicyclic amines) is 1. The average Bonchev–Trinajstić information content (AvgIpc) is 3.37. The predicted molar refractivity (Wildman–Crippen MR) is 119 cm³/mol. The molecule has 0 saturated carbocycles. The lowest BCUT2D eigenvalue weighted by molar-refractivity contribution is -0.147. The van der Waals surface area contributed by atoms with Crippen molar-refractivity contribution in [2.75, 3.05) is 31.2 Å². The van der Waals surface area contributed by atoms with E-state index in [4.69, 9.17) is 9.15 Å². The summed E-state index contributed by atoms with van der Waals surface area (Å²) >= 11 is 0. The first-order chi connectivity index (χ1) is 17.3. The summed E-state index contributed by atoms with van der Waals surface area (Å²) in [6.45, 7) is 1.01. The van der Waals surface area contributed by atoms with Gasteiger partial charge in [0.05, 0.1) is 17.8 Å². The number of alkyl halides is 3. The van der Waals surface area contributed by atoms with E-state index in [1.807, 2.05) is 4.90 Å². The number of anilines is 1. The van der Waals surface area contributed by atoms with E-state index in [-0.39, 0.29) is 37.3 Å². The molecule has 0 spiro atoms. The van der Waals surface area contributed by atoms with Crippen molar-refractivity contribution in [1.82, 2.24) is 20.1 Å². The van der Waals surface area contributed by atoms with Gasteiger partial charge in [0, 0.05) is 44.2 Å². The molecule has 0 unspecified atom stereocenters. The average molecular weight is 505 g/mol. The Morgan fingerprint density at radius 2 is 1.94 bits per heavy atom. The number of nitrogens with zero attached hydrogens (tertiary/aromatic N) is 5. The summed E-state index contributed by atoms with van der Waals surface area (Å²) in [7, 11) is 0. The van der Waals surface area contributed by atoms with Crippen molar-refractivity contribution in [3.05, 3.63) is 60.0 Å². The molecule has 0 atom stereocenters. The van der Waals surface area contributed by atoms with E-state index in [0.29, 0.717) is 24.5 Å².